The van der Waals surface area contributed by atoms with E-state index >= 15 is 0 Å². The first-order valence-corrected chi connectivity index (χ1v) is 17.3. The molecule has 0 radical (unpaired) electrons. The maximum absolute atomic E-state index is 13.5. The second-order valence-electron chi connectivity index (χ2n) is 13.5. The summed E-state index contributed by atoms with van der Waals surface area (Å²) in [6, 6.07) is 14.5. The highest BCUT2D eigenvalue weighted by Gasteiger charge is 2.49. The number of alkyl halides is 3. The number of nitrogens with one attached hydrogen (secondary N) is 2. The molecule has 0 saturated carbocycles. The number of pyridine rings is 1. The molecule has 10 nitrogen and oxygen atoms in total. The van der Waals surface area contributed by atoms with Gasteiger partial charge in [0.05, 0.1) is 15.9 Å². The van der Waals surface area contributed by atoms with Crippen molar-refractivity contribution in [2.45, 2.75) is 74.6 Å². The third-order valence-electron chi connectivity index (χ3n) is 9.21. The van der Waals surface area contributed by atoms with E-state index in [1.807, 2.05) is 39.0 Å². The number of halogens is 3. The number of piperidine rings is 2. The lowest BCUT2D eigenvalue weighted by atomic mass is 9.73. The zero-order valence-electron chi connectivity index (χ0n) is 26.9. The topological polar surface area (TPSA) is 121 Å². The predicted octanol–water partition coefficient (Wildman–Crippen LogP) is 6.25. The van der Waals surface area contributed by atoms with Crippen LogP contribution in [0.5, 0.6) is 0 Å². The number of ether oxygens (including phenoxy) is 1. The molecule has 3 aromatic rings. The van der Waals surface area contributed by atoms with Crippen molar-refractivity contribution in [1.29, 1.82) is 0 Å². The Morgan fingerprint density at radius 3 is 2.19 bits per heavy atom. The summed E-state index contributed by atoms with van der Waals surface area (Å²) in [5.41, 5.74) is 1.03. The van der Waals surface area contributed by atoms with Crippen LogP contribution < -0.4 is 10.6 Å². The molecular formula is C34H38F3N5O5S. The van der Waals surface area contributed by atoms with Crippen molar-refractivity contribution >= 4 is 33.5 Å². The lowest BCUT2D eigenvalue weighted by Crippen LogP contribution is -2.49. The molecule has 2 amide bonds. The Hall–Kier alpha value is -4.17. The quantitative estimate of drug-likeness (QED) is 0.326. The summed E-state index contributed by atoms with van der Waals surface area (Å²) in [7, 11) is -3.77. The minimum absolute atomic E-state index is 0.0884. The average Bonchev–Trinajstić information content (AvgIpc) is 3.30. The van der Waals surface area contributed by atoms with Gasteiger partial charge < -0.3 is 20.3 Å². The van der Waals surface area contributed by atoms with Crippen molar-refractivity contribution in [1.82, 2.24) is 14.2 Å². The number of carbonyl (C=O) groups is 2. The van der Waals surface area contributed by atoms with Crippen LogP contribution in [0.3, 0.4) is 0 Å². The molecule has 0 atom stereocenters. The van der Waals surface area contributed by atoms with Gasteiger partial charge in [0.2, 0.25) is 15.9 Å². The molecule has 1 aromatic heterocycles. The van der Waals surface area contributed by atoms with Crippen molar-refractivity contribution in [2.24, 2.45) is 0 Å². The highest BCUT2D eigenvalue weighted by atomic mass is 32.2. The van der Waals surface area contributed by atoms with Crippen LogP contribution in [-0.2, 0) is 31.1 Å². The first-order chi connectivity index (χ1) is 22.5. The largest absolute Gasteiger partial charge is 0.444 e. The van der Waals surface area contributed by atoms with Crippen LogP contribution in [0.2, 0.25) is 0 Å². The standard InChI is InChI=1S/C34H38F3N5O5S/c1-32(2,3)47-31(44)41-18-14-33(15-19-41)27-20-23(6-10-28(27)40-30(33)43)22-4-8-26(9-5-22)48(45,46)42-16-12-25(13-17-42)39-29-11-7-24(21-38-29)34(35,36)37/h4-11,20-21,25H,12-19H2,1-3H3,(H,38,39)(H,40,43). The van der Waals surface area contributed by atoms with Crippen LogP contribution >= 0.6 is 0 Å². The lowest BCUT2D eigenvalue weighted by molar-refractivity contribution is -0.137. The van der Waals surface area contributed by atoms with Gasteiger partial charge in [-0.2, -0.15) is 17.5 Å². The van der Waals surface area contributed by atoms with Gasteiger partial charge in [-0.1, -0.05) is 18.2 Å². The molecule has 3 aliphatic heterocycles. The number of hydrogen-bond acceptors (Lipinski definition) is 7. The minimum Gasteiger partial charge on any atom is -0.444 e. The fraction of sp³-hybridized carbons (Fsp3) is 0.441. The Kier molecular flexibility index (Phi) is 8.69. The van der Waals surface area contributed by atoms with Crippen LogP contribution in [0.1, 0.15) is 57.6 Å². The molecule has 0 bridgehead atoms. The van der Waals surface area contributed by atoms with Crippen LogP contribution in [0.25, 0.3) is 11.1 Å². The predicted molar refractivity (Wildman–Crippen MR) is 174 cm³/mol. The summed E-state index contributed by atoms with van der Waals surface area (Å²) in [6.45, 7) is 6.73. The van der Waals surface area contributed by atoms with E-state index in [1.165, 1.54) is 10.4 Å². The van der Waals surface area contributed by atoms with E-state index < -0.39 is 38.9 Å². The molecule has 6 rings (SSSR count). The van der Waals surface area contributed by atoms with E-state index in [2.05, 4.69) is 15.6 Å². The van der Waals surface area contributed by atoms with Crippen molar-refractivity contribution < 1.29 is 35.9 Å². The second kappa shape index (κ2) is 12.4. The summed E-state index contributed by atoms with van der Waals surface area (Å²) in [5.74, 6) is 0.221. The van der Waals surface area contributed by atoms with Gasteiger partial charge >= 0.3 is 12.3 Å². The Balaban J connectivity index is 1.10. The Bertz CT molecular complexity index is 1790. The van der Waals surface area contributed by atoms with Gasteiger partial charge in [-0.15, -0.1) is 0 Å². The lowest BCUT2D eigenvalue weighted by Gasteiger charge is -2.38. The summed E-state index contributed by atoms with van der Waals surface area (Å²) in [4.78, 5) is 31.5. The second-order valence-corrected chi connectivity index (χ2v) is 15.5. The fourth-order valence-corrected chi connectivity index (χ4v) is 8.02. The Morgan fingerprint density at radius 2 is 1.60 bits per heavy atom. The molecule has 0 unspecified atom stereocenters. The zero-order chi connectivity index (χ0) is 34.5. The number of hydrogen-bond donors (Lipinski definition) is 2. The highest BCUT2D eigenvalue weighted by Crippen LogP contribution is 2.46. The van der Waals surface area contributed by atoms with E-state index in [1.54, 1.807) is 29.2 Å². The van der Waals surface area contributed by atoms with E-state index in [0.29, 0.717) is 44.6 Å². The minimum atomic E-state index is -4.46. The van der Waals surface area contributed by atoms with Crippen LogP contribution in [0.4, 0.5) is 29.5 Å². The molecule has 48 heavy (non-hydrogen) atoms. The first-order valence-electron chi connectivity index (χ1n) is 15.9. The molecule has 256 valence electrons. The number of anilines is 2. The van der Waals surface area contributed by atoms with Crippen molar-refractivity contribution in [2.75, 3.05) is 36.8 Å². The van der Waals surface area contributed by atoms with Crippen LogP contribution in [0, 0.1) is 0 Å². The maximum Gasteiger partial charge on any atom is 0.417 e. The normalized spacial score (nSPS) is 18.8. The molecule has 14 heteroatoms. The zero-order valence-corrected chi connectivity index (χ0v) is 27.7. The van der Waals surface area contributed by atoms with Gasteiger partial charge in [0.15, 0.2) is 0 Å². The number of aromatic nitrogens is 1. The average molecular weight is 686 g/mol. The number of rotatable bonds is 5. The smallest absolute Gasteiger partial charge is 0.417 e. The Morgan fingerprint density at radius 1 is 0.958 bits per heavy atom. The fourth-order valence-electron chi connectivity index (χ4n) is 6.55. The van der Waals surface area contributed by atoms with Gasteiger partial charge in [0.1, 0.15) is 11.4 Å². The van der Waals surface area contributed by atoms with Gasteiger partial charge in [-0.3, -0.25) is 4.79 Å². The third kappa shape index (κ3) is 6.73. The SMILES string of the molecule is CC(C)(C)OC(=O)N1CCC2(CC1)C(=O)Nc1ccc(-c3ccc(S(=O)(=O)N4CCC(Nc5ccc(C(F)(F)F)cn5)CC4)cc3)cc12. The molecule has 3 aliphatic rings. The van der Waals surface area contributed by atoms with Gasteiger partial charge in [-0.05, 0) is 99.5 Å². The Labute approximate surface area is 277 Å². The maximum atomic E-state index is 13.5. The molecular weight excluding hydrogens is 647 g/mol. The molecule has 2 saturated heterocycles. The summed E-state index contributed by atoms with van der Waals surface area (Å²) in [6.07, 6.45) is -2.22. The first kappa shape index (κ1) is 33.7. The summed E-state index contributed by atoms with van der Waals surface area (Å²) < 4.78 is 72.4. The number of nitrogens with zero attached hydrogens (tertiary/aromatic N) is 3. The molecule has 4 heterocycles. The van der Waals surface area contributed by atoms with Crippen LogP contribution in [0.15, 0.2) is 65.7 Å². The number of sulfonamides is 1. The van der Waals surface area contributed by atoms with Crippen molar-refractivity contribution in [3.63, 3.8) is 0 Å². The van der Waals surface area contributed by atoms with E-state index in [-0.39, 0.29) is 29.9 Å². The monoisotopic (exact) mass is 685 g/mol. The van der Waals surface area contributed by atoms with Gasteiger partial charge in [0.25, 0.3) is 0 Å². The summed E-state index contributed by atoms with van der Waals surface area (Å²) >= 11 is 0. The molecule has 2 aromatic carbocycles. The number of benzene rings is 2. The van der Waals surface area contributed by atoms with E-state index in [9.17, 15) is 31.2 Å². The molecule has 2 fully saturated rings. The molecule has 0 aliphatic carbocycles. The number of amides is 2. The molecule has 2 N–H and O–H groups in total. The van der Waals surface area contributed by atoms with Gasteiger partial charge in [0, 0.05) is 44.1 Å². The van der Waals surface area contributed by atoms with Crippen molar-refractivity contribution in [3.05, 3.63) is 71.9 Å². The van der Waals surface area contributed by atoms with E-state index in [4.69, 9.17) is 4.74 Å². The highest BCUT2D eigenvalue weighted by molar-refractivity contribution is 7.89. The summed E-state index contributed by atoms with van der Waals surface area (Å²) in [5, 5.41) is 6.11. The number of carbonyl (C=O) groups excluding carboxylic acids is 2. The van der Waals surface area contributed by atoms with Crippen LogP contribution in [-0.4, -0.2) is 72.4 Å². The van der Waals surface area contributed by atoms with Crippen molar-refractivity contribution in [3.8, 4) is 11.1 Å². The van der Waals surface area contributed by atoms with E-state index in [0.717, 1.165) is 34.6 Å². The third-order valence-corrected chi connectivity index (χ3v) is 11.1. The molecule has 1 spiro atoms. The number of fused-ring (bicyclic) bond motifs is 2. The number of likely N-dealkylation sites (tertiary alicyclic amines) is 1. The van der Waals surface area contributed by atoms with Gasteiger partial charge in [-0.25, -0.2) is 18.2 Å².